The van der Waals surface area contributed by atoms with E-state index in [1.807, 2.05) is 0 Å². The van der Waals surface area contributed by atoms with E-state index in [4.69, 9.17) is 28.4 Å². The summed E-state index contributed by atoms with van der Waals surface area (Å²) in [5.74, 6) is -6.88. The molecule has 3 N–H and O–H groups in total. The highest BCUT2D eigenvalue weighted by Gasteiger charge is 2.44. The first kappa shape index (κ1) is 34.2. The lowest BCUT2D eigenvalue weighted by molar-refractivity contribution is -0.307. The second kappa shape index (κ2) is 14.3. The molecule has 0 spiro atoms. The van der Waals surface area contributed by atoms with Crippen molar-refractivity contribution >= 4 is 29.7 Å². The Morgan fingerprint density at radius 2 is 1.39 bits per heavy atom. The number of rotatable bonds is 12. The highest BCUT2D eigenvalue weighted by molar-refractivity contribution is 6.06. The average molecular weight is 681 g/mol. The van der Waals surface area contributed by atoms with Crippen molar-refractivity contribution in [3.05, 3.63) is 65.2 Å². The fourth-order valence-electron chi connectivity index (χ4n) is 5.22. The number of phenols is 3. The lowest BCUT2D eigenvalue weighted by Crippen LogP contribution is -2.40. The van der Waals surface area contributed by atoms with E-state index < -0.39 is 91.3 Å². The Kier molecular flexibility index (Phi) is 9.96. The number of benzene rings is 3. The molecular weight excluding hydrogens is 652 g/mol. The molecule has 5 rings (SSSR count). The SMILES string of the molecule is COc1cc(C2Oc3cc(C4Oc5cc(O)cc(O)c5C(=O)C4OC(=O)CCC(=O)[O-])ccc3OC2COC(=O)CCC(=O)[O-])ccc1O. The third-order valence-electron chi connectivity index (χ3n) is 7.53. The lowest BCUT2D eigenvalue weighted by atomic mass is 9.92. The second-order valence-electron chi connectivity index (χ2n) is 10.9. The number of aromatic hydroxyl groups is 3. The van der Waals surface area contributed by atoms with Crippen molar-refractivity contribution in [1.82, 2.24) is 0 Å². The molecule has 2 aliphatic heterocycles. The van der Waals surface area contributed by atoms with Crippen LogP contribution in [0, 0.1) is 0 Å². The number of carbonyl (C=O) groups is 5. The van der Waals surface area contributed by atoms with Gasteiger partial charge in [0, 0.05) is 35.2 Å². The van der Waals surface area contributed by atoms with E-state index in [9.17, 15) is 49.5 Å². The van der Waals surface area contributed by atoms with E-state index in [0.717, 1.165) is 12.1 Å². The van der Waals surface area contributed by atoms with Gasteiger partial charge < -0.3 is 63.5 Å². The van der Waals surface area contributed by atoms with Gasteiger partial charge in [-0.15, -0.1) is 0 Å². The first-order valence-corrected chi connectivity index (χ1v) is 14.7. The van der Waals surface area contributed by atoms with Crippen LogP contribution in [0.3, 0.4) is 0 Å². The Hall–Kier alpha value is -6.19. The molecule has 258 valence electrons. The van der Waals surface area contributed by atoms with Gasteiger partial charge in [-0.2, -0.15) is 0 Å². The quantitative estimate of drug-likeness (QED) is 0.221. The third-order valence-corrected chi connectivity index (χ3v) is 7.53. The predicted molar refractivity (Wildman–Crippen MR) is 156 cm³/mol. The summed E-state index contributed by atoms with van der Waals surface area (Å²) < 4.78 is 34.2. The van der Waals surface area contributed by atoms with Crippen molar-refractivity contribution in [2.45, 2.75) is 50.1 Å². The van der Waals surface area contributed by atoms with Crippen LogP contribution in [0.4, 0.5) is 0 Å². The van der Waals surface area contributed by atoms with Crippen molar-refractivity contribution in [1.29, 1.82) is 0 Å². The monoisotopic (exact) mass is 680 g/mol. The molecule has 0 amide bonds. The summed E-state index contributed by atoms with van der Waals surface area (Å²) in [7, 11) is 1.33. The molecule has 4 atom stereocenters. The Labute approximate surface area is 276 Å². The van der Waals surface area contributed by atoms with Gasteiger partial charge in [0.1, 0.15) is 29.4 Å². The molecule has 3 aromatic carbocycles. The molecule has 49 heavy (non-hydrogen) atoms. The van der Waals surface area contributed by atoms with Gasteiger partial charge in [-0.3, -0.25) is 14.4 Å². The van der Waals surface area contributed by atoms with Crippen LogP contribution >= 0.6 is 0 Å². The van der Waals surface area contributed by atoms with E-state index in [1.165, 1.54) is 43.5 Å². The Morgan fingerprint density at radius 1 is 0.735 bits per heavy atom. The number of carboxylic acids is 2. The maximum Gasteiger partial charge on any atom is 0.307 e. The number of carbonyl (C=O) groups excluding carboxylic acids is 5. The van der Waals surface area contributed by atoms with Gasteiger partial charge in [0.25, 0.3) is 0 Å². The van der Waals surface area contributed by atoms with Gasteiger partial charge in [-0.25, -0.2) is 0 Å². The van der Waals surface area contributed by atoms with Gasteiger partial charge >= 0.3 is 11.9 Å². The highest BCUT2D eigenvalue weighted by Crippen LogP contribution is 2.46. The van der Waals surface area contributed by atoms with Gasteiger partial charge in [0.15, 0.2) is 41.3 Å². The van der Waals surface area contributed by atoms with Gasteiger partial charge in [-0.05, 0) is 37.1 Å². The topological polar surface area (TPSA) is 248 Å². The molecule has 0 radical (unpaired) electrons. The molecule has 3 aromatic rings. The number of ketones is 1. The molecule has 16 heteroatoms. The number of hydrogen-bond acceptors (Lipinski definition) is 16. The summed E-state index contributed by atoms with van der Waals surface area (Å²) >= 11 is 0. The predicted octanol–water partition coefficient (Wildman–Crippen LogP) is 0.525. The number of phenolic OH excluding ortho intramolecular Hbond substituents is 3. The van der Waals surface area contributed by atoms with Gasteiger partial charge in [-0.1, -0.05) is 12.1 Å². The molecular formula is C33H28O16-2. The van der Waals surface area contributed by atoms with Crippen molar-refractivity contribution < 1.29 is 77.9 Å². The molecule has 0 saturated carbocycles. The number of Topliss-reactive ketones (excluding diaryl/α,β-unsaturated/α-hetero) is 1. The van der Waals surface area contributed by atoms with Crippen molar-refractivity contribution in [3.8, 4) is 40.2 Å². The maximum atomic E-state index is 13.6. The van der Waals surface area contributed by atoms with Gasteiger partial charge in [0.05, 0.1) is 20.0 Å². The minimum Gasteiger partial charge on any atom is -0.550 e. The summed E-state index contributed by atoms with van der Waals surface area (Å²) in [6.45, 7) is -0.380. The lowest BCUT2D eigenvalue weighted by Gasteiger charge is -2.36. The molecule has 0 aromatic heterocycles. The van der Waals surface area contributed by atoms with Crippen LogP contribution < -0.4 is 29.2 Å². The molecule has 4 unspecified atom stereocenters. The summed E-state index contributed by atoms with van der Waals surface area (Å²) in [5, 5.41) is 52.2. The van der Waals surface area contributed by atoms with E-state index in [2.05, 4.69) is 0 Å². The number of esters is 2. The molecule has 0 bridgehead atoms. The van der Waals surface area contributed by atoms with Crippen LogP contribution in [0.15, 0.2) is 48.5 Å². The number of carboxylic acid groups (broad SMARTS) is 2. The summed E-state index contributed by atoms with van der Waals surface area (Å²) in [6.07, 6.45) is -7.41. The zero-order valence-corrected chi connectivity index (χ0v) is 25.6. The standard InChI is InChI=1S/C33H30O16/c1-44-21-10-15(2-4-18(21)35)31-24(14-45-27(41)8-6-25(37)38)46-20-5-3-16(11-22(20)47-31)32-33(49-28(42)9-7-26(39)40)30(43)29-19(36)12-17(34)13-23(29)48-32/h2-5,10-13,24,31-36H,6-9,14H2,1H3,(H,37,38)(H,39,40)/p-2. The molecule has 0 fully saturated rings. The number of fused-ring (bicyclic) bond motifs is 2. The minimum atomic E-state index is -1.72. The number of hydrogen-bond donors (Lipinski definition) is 3. The second-order valence-corrected chi connectivity index (χ2v) is 10.9. The maximum absolute atomic E-state index is 13.6. The van der Waals surface area contributed by atoms with Crippen LogP contribution in [-0.2, 0) is 28.7 Å². The summed E-state index contributed by atoms with van der Waals surface area (Å²) in [6, 6.07) is 10.6. The largest absolute Gasteiger partial charge is 0.550 e. The third kappa shape index (κ3) is 7.69. The first-order chi connectivity index (χ1) is 23.3. The Bertz CT molecular complexity index is 1800. The number of aliphatic carboxylic acids is 2. The molecule has 16 nitrogen and oxygen atoms in total. The average Bonchev–Trinajstić information content (AvgIpc) is 3.05. The molecule has 0 aliphatic carbocycles. The first-order valence-electron chi connectivity index (χ1n) is 14.7. The fraction of sp³-hybridized carbons (Fsp3) is 0.303. The Morgan fingerprint density at radius 3 is 2.08 bits per heavy atom. The van der Waals surface area contributed by atoms with Crippen LogP contribution in [0.2, 0.25) is 0 Å². The van der Waals surface area contributed by atoms with E-state index in [1.54, 1.807) is 0 Å². The normalized spacial score (nSPS) is 19.2. The molecule has 2 aliphatic rings. The van der Waals surface area contributed by atoms with E-state index in [-0.39, 0.29) is 46.5 Å². The molecule has 0 saturated heterocycles. The molecule has 2 heterocycles. The van der Waals surface area contributed by atoms with Crippen molar-refractivity contribution in [2.75, 3.05) is 13.7 Å². The van der Waals surface area contributed by atoms with Crippen LogP contribution in [0.1, 0.15) is 59.4 Å². The number of ether oxygens (including phenoxy) is 6. The van der Waals surface area contributed by atoms with Crippen LogP contribution in [0.5, 0.6) is 40.2 Å². The van der Waals surface area contributed by atoms with E-state index >= 15 is 0 Å². The smallest absolute Gasteiger partial charge is 0.307 e. The van der Waals surface area contributed by atoms with Gasteiger partial charge in [0.2, 0.25) is 11.9 Å². The van der Waals surface area contributed by atoms with E-state index in [0.29, 0.717) is 5.56 Å². The van der Waals surface area contributed by atoms with Crippen LogP contribution in [0.25, 0.3) is 0 Å². The Balaban J connectivity index is 1.49. The summed E-state index contributed by atoms with van der Waals surface area (Å²) in [4.78, 5) is 60.0. The highest BCUT2D eigenvalue weighted by atomic mass is 16.6. The van der Waals surface area contributed by atoms with Crippen LogP contribution in [-0.4, -0.2) is 70.9 Å². The fourth-order valence-corrected chi connectivity index (χ4v) is 5.22. The summed E-state index contributed by atoms with van der Waals surface area (Å²) in [5.41, 5.74) is 0.226. The number of methoxy groups -OCH3 is 1. The van der Waals surface area contributed by atoms with Crippen molar-refractivity contribution in [2.24, 2.45) is 0 Å². The zero-order valence-electron chi connectivity index (χ0n) is 25.6. The van der Waals surface area contributed by atoms with Crippen molar-refractivity contribution in [3.63, 3.8) is 0 Å². The minimum absolute atomic E-state index is 0.0803. The zero-order chi connectivity index (χ0) is 35.4.